The molecular formula is C5H8ClN3O2. The molecule has 1 aromatic heterocycles. The van der Waals surface area contributed by atoms with Gasteiger partial charge in [0, 0.05) is 0 Å². The quantitative estimate of drug-likeness (QED) is 0.643. The summed E-state index contributed by atoms with van der Waals surface area (Å²) >= 11 is 0. The van der Waals surface area contributed by atoms with Gasteiger partial charge in [0.2, 0.25) is 0 Å². The molecule has 5 nitrogen and oxygen atoms in total. The first-order valence-electron chi connectivity index (χ1n) is 2.74. The molecule has 0 bridgehead atoms. The second-order valence-corrected chi connectivity index (χ2v) is 1.71. The Morgan fingerprint density at radius 3 is 3.00 bits per heavy atom. The van der Waals surface area contributed by atoms with Crippen molar-refractivity contribution in [1.29, 1.82) is 0 Å². The molecule has 1 rings (SSSR count). The number of carbonyl (C=O) groups excluding carboxylic acids is 1. The maximum Gasteiger partial charge on any atom is 0.311 e. The van der Waals surface area contributed by atoms with Crippen LogP contribution in [-0.2, 0) is 16.0 Å². The van der Waals surface area contributed by atoms with E-state index in [1.807, 2.05) is 0 Å². The standard InChI is InChI=1S/C5H7N3O2.ClH/c1-10-5(9)2-4-3-6-8-7-4;/h3H,2H2,1H3,(H,6,7,8);1H. The molecule has 0 radical (unpaired) electrons. The zero-order chi connectivity index (χ0) is 7.40. The smallest absolute Gasteiger partial charge is 0.311 e. The normalized spacial score (nSPS) is 8.45. The Morgan fingerprint density at radius 1 is 1.82 bits per heavy atom. The number of methoxy groups -OCH3 is 1. The average molecular weight is 178 g/mol. The van der Waals surface area contributed by atoms with Crippen LogP contribution >= 0.6 is 12.4 Å². The first-order chi connectivity index (χ1) is 4.83. The molecule has 0 saturated carbocycles. The first-order valence-corrected chi connectivity index (χ1v) is 2.74. The summed E-state index contributed by atoms with van der Waals surface area (Å²) in [6.45, 7) is 0. The first kappa shape index (κ1) is 9.90. The van der Waals surface area contributed by atoms with E-state index in [2.05, 4.69) is 20.1 Å². The second-order valence-electron chi connectivity index (χ2n) is 1.71. The lowest BCUT2D eigenvalue weighted by Crippen LogP contribution is -2.04. The van der Waals surface area contributed by atoms with Crippen LogP contribution in [0.3, 0.4) is 0 Å². The number of hydrogen-bond donors (Lipinski definition) is 1. The van der Waals surface area contributed by atoms with Crippen LogP contribution in [0.25, 0.3) is 0 Å². The molecule has 0 unspecified atom stereocenters. The van der Waals surface area contributed by atoms with E-state index in [0.29, 0.717) is 5.69 Å². The fraction of sp³-hybridized carbons (Fsp3) is 0.400. The molecule has 1 N–H and O–H groups in total. The van der Waals surface area contributed by atoms with Crippen LogP contribution in [0.1, 0.15) is 5.69 Å². The number of hydrogen-bond acceptors (Lipinski definition) is 4. The maximum absolute atomic E-state index is 10.6. The van der Waals surface area contributed by atoms with Crippen LogP contribution in [0.2, 0.25) is 0 Å². The molecule has 62 valence electrons. The number of carbonyl (C=O) groups is 1. The Kier molecular flexibility index (Phi) is 4.21. The average Bonchev–Trinajstić information content (AvgIpc) is 2.40. The third-order valence-electron chi connectivity index (χ3n) is 1.02. The van der Waals surface area contributed by atoms with Crippen molar-refractivity contribution in [1.82, 2.24) is 15.4 Å². The third-order valence-corrected chi connectivity index (χ3v) is 1.02. The Balaban J connectivity index is 0.000001000. The summed E-state index contributed by atoms with van der Waals surface area (Å²) in [6, 6.07) is 0. The zero-order valence-electron chi connectivity index (χ0n) is 5.90. The Morgan fingerprint density at radius 2 is 2.55 bits per heavy atom. The Hall–Kier alpha value is -1.10. The van der Waals surface area contributed by atoms with E-state index in [-0.39, 0.29) is 24.8 Å². The van der Waals surface area contributed by atoms with Crippen molar-refractivity contribution in [3.05, 3.63) is 11.9 Å². The summed E-state index contributed by atoms with van der Waals surface area (Å²) in [6.07, 6.45) is 1.66. The summed E-state index contributed by atoms with van der Waals surface area (Å²) in [5.41, 5.74) is 0.590. The summed E-state index contributed by atoms with van der Waals surface area (Å²) in [5, 5.41) is 9.58. The van der Waals surface area contributed by atoms with Crippen molar-refractivity contribution in [3.63, 3.8) is 0 Å². The summed E-state index contributed by atoms with van der Waals surface area (Å²) in [7, 11) is 1.34. The fourth-order valence-corrected chi connectivity index (χ4v) is 0.531. The van der Waals surface area contributed by atoms with Gasteiger partial charge in [0.05, 0.1) is 25.4 Å². The fourth-order valence-electron chi connectivity index (χ4n) is 0.531. The van der Waals surface area contributed by atoms with Gasteiger partial charge in [-0.25, -0.2) is 0 Å². The van der Waals surface area contributed by atoms with Crippen LogP contribution in [0.15, 0.2) is 6.20 Å². The van der Waals surface area contributed by atoms with Gasteiger partial charge in [0.15, 0.2) is 0 Å². The third kappa shape index (κ3) is 2.99. The number of nitrogens with zero attached hydrogens (tertiary/aromatic N) is 2. The molecule has 0 aliphatic rings. The van der Waals surface area contributed by atoms with E-state index in [1.54, 1.807) is 0 Å². The zero-order valence-corrected chi connectivity index (χ0v) is 6.72. The molecule has 1 heterocycles. The highest BCUT2D eigenvalue weighted by Crippen LogP contribution is 1.91. The Bertz CT molecular complexity index is 212. The van der Waals surface area contributed by atoms with Gasteiger partial charge >= 0.3 is 5.97 Å². The van der Waals surface area contributed by atoms with Crippen LogP contribution in [-0.4, -0.2) is 28.5 Å². The van der Waals surface area contributed by atoms with Crippen molar-refractivity contribution >= 4 is 18.4 Å². The number of nitrogens with one attached hydrogen (secondary N) is 1. The largest absolute Gasteiger partial charge is 0.469 e. The molecule has 0 amide bonds. The van der Waals surface area contributed by atoms with Gasteiger partial charge in [-0.05, 0) is 0 Å². The SMILES string of the molecule is COC(=O)Cc1cn[nH]n1.Cl. The molecule has 1 aromatic rings. The lowest BCUT2D eigenvalue weighted by molar-refractivity contribution is -0.139. The Labute approximate surface area is 69.5 Å². The van der Waals surface area contributed by atoms with Gasteiger partial charge in [0.1, 0.15) is 0 Å². The van der Waals surface area contributed by atoms with Gasteiger partial charge in [-0.1, -0.05) is 0 Å². The van der Waals surface area contributed by atoms with Gasteiger partial charge in [-0.3, -0.25) is 4.79 Å². The lowest BCUT2D eigenvalue weighted by atomic mass is 10.3. The van der Waals surface area contributed by atoms with Gasteiger partial charge < -0.3 is 4.74 Å². The van der Waals surface area contributed by atoms with E-state index in [9.17, 15) is 4.79 Å². The minimum Gasteiger partial charge on any atom is -0.469 e. The minimum atomic E-state index is -0.311. The van der Waals surface area contributed by atoms with Crippen LogP contribution in [0, 0.1) is 0 Å². The number of ether oxygens (including phenoxy) is 1. The lowest BCUT2D eigenvalue weighted by Gasteiger charge is -1.91. The maximum atomic E-state index is 10.6. The second kappa shape index (κ2) is 4.68. The minimum absolute atomic E-state index is 0. The van der Waals surface area contributed by atoms with E-state index in [4.69, 9.17) is 0 Å². The van der Waals surface area contributed by atoms with Crippen molar-refractivity contribution in [2.75, 3.05) is 7.11 Å². The number of H-pyrrole nitrogens is 1. The highest BCUT2D eigenvalue weighted by Gasteiger charge is 2.03. The molecule has 0 fully saturated rings. The number of aromatic nitrogens is 3. The van der Waals surface area contributed by atoms with Crippen molar-refractivity contribution in [2.45, 2.75) is 6.42 Å². The highest BCUT2D eigenvalue weighted by molar-refractivity contribution is 5.85. The molecule has 0 aliphatic carbocycles. The predicted octanol–water partition coefficient (Wildman–Crippen LogP) is -0.0580. The van der Waals surface area contributed by atoms with E-state index in [1.165, 1.54) is 13.3 Å². The summed E-state index contributed by atoms with van der Waals surface area (Å²) in [5.74, 6) is -0.311. The van der Waals surface area contributed by atoms with Gasteiger partial charge in [0.25, 0.3) is 0 Å². The predicted molar refractivity (Wildman–Crippen MR) is 39.4 cm³/mol. The molecule has 0 atom stereocenters. The monoisotopic (exact) mass is 177 g/mol. The van der Waals surface area contributed by atoms with Crippen LogP contribution in [0.5, 0.6) is 0 Å². The van der Waals surface area contributed by atoms with E-state index in [0.717, 1.165) is 0 Å². The molecule has 0 saturated heterocycles. The summed E-state index contributed by atoms with van der Waals surface area (Å²) in [4.78, 5) is 10.6. The van der Waals surface area contributed by atoms with E-state index >= 15 is 0 Å². The molecule has 11 heavy (non-hydrogen) atoms. The van der Waals surface area contributed by atoms with Crippen molar-refractivity contribution in [3.8, 4) is 0 Å². The number of aromatic amines is 1. The summed E-state index contributed by atoms with van der Waals surface area (Å²) < 4.78 is 4.40. The van der Waals surface area contributed by atoms with Gasteiger partial charge in [-0.2, -0.15) is 15.4 Å². The number of rotatable bonds is 2. The molecule has 0 aromatic carbocycles. The molecule has 0 spiro atoms. The van der Waals surface area contributed by atoms with E-state index < -0.39 is 0 Å². The number of halogens is 1. The highest BCUT2D eigenvalue weighted by atomic mass is 35.5. The van der Waals surface area contributed by atoms with Gasteiger partial charge in [-0.15, -0.1) is 12.4 Å². The molecular weight excluding hydrogens is 170 g/mol. The topological polar surface area (TPSA) is 67.9 Å². The molecule has 0 aliphatic heterocycles. The van der Waals surface area contributed by atoms with Crippen LogP contribution < -0.4 is 0 Å². The van der Waals surface area contributed by atoms with Crippen LogP contribution in [0.4, 0.5) is 0 Å². The van der Waals surface area contributed by atoms with Crippen molar-refractivity contribution < 1.29 is 9.53 Å². The number of esters is 1. The van der Waals surface area contributed by atoms with Crippen molar-refractivity contribution in [2.24, 2.45) is 0 Å². The molecule has 6 heteroatoms.